The van der Waals surface area contributed by atoms with Crippen LogP contribution in [-0.2, 0) is 0 Å². The average molecular weight is 225 g/mol. The molecule has 0 saturated heterocycles. The summed E-state index contributed by atoms with van der Waals surface area (Å²) in [5.41, 5.74) is 2.82. The van der Waals surface area contributed by atoms with Gasteiger partial charge in [0.25, 0.3) is 0 Å². The highest BCUT2D eigenvalue weighted by Gasteiger charge is 2.13. The van der Waals surface area contributed by atoms with Gasteiger partial charge in [0.2, 0.25) is 5.69 Å². The maximum absolute atomic E-state index is 11.9. The van der Waals surface area contributed by atoms with E-state index in [0.29, 0.717) is 22.6 Å². The molecule has 0 atom stereocenters. The maximum Gasteiger partial charge on any atom is 0.242 e. The van der Waals surface area contributed by atoms with Crippen LogP contribution in [0.4, 0.5) is 0 Å². The van der Waals surface area contributed by atoms with Gasteiger partial charge >= 0.3 is 0 Å². The molecule has 0 radical (unpaired) electrons. The summed E-state index contributed by atoms with van der Waals surface area (Å²) in [6.07, 6.45) is 0. The number of nitrogens with zero attached hydrogens (tertiary/aromatic N) is 3. The highest BCUT2D eigenvalue weighted by atomic mass is 16.5. The van der Waals surface area contributed by atoms with Crippen LogP contribution in [0.1, 0.15) is 17.0 Å². The summed E-state index contributed by atoms with van der Waals surface area (Å²) in [5.74, 6) is 0. The van der Waals surface area contributed by atoms with Gasteiger partial charge in [-0.25, -0.2) is 4.98 Å². The molecule has 84 valence electrons. The van der Waals surface area contributed by atoms with Crippen LogP contribution in [0, 0.1) is 30.4 Å². The quantitative estimate of drug-likeness (QED) is 0.549. The second-order valence-electron chi connectivity index (χ2n) is 3.84. The lowest BCUT2D eigenvalue weighted by molar-refractivity contribution is -0.600. The molecule has 0 aromatic carbocycles. The normalized spacial score (nSPS) is 9.94. The Hall–Kier alpha value is -2.41. The highest BCUT2D eigenvalue weighted by molar-refractivity contribution is 5.54. The lowest BCUT2D eigenvalue weighted by Crippen LogP contribution is -2.32. The zero-order valence-electron chi connectivity index (χ0n) is 9.64. The van der Waals surface area contributed by atoms with Crippen molar-refractivity contribution in [3.8, 4) is 17.5 Å². The lowest BCUT2D eigenvalue weighted by Gasteiger charge is -2.07. The van der Waals surface area contributed by atoms with Crippen LogP contribution >= 0.6 is 0 Å². The summed E-state index contributed by atoms with van der Waals surface area (Å²) < 4.78 is 0.822. The Labute approximate surface area is 99.4 Å². The zero-order chi connectivity index (χ0) is 12.4. The van der Waals surface area contributed by atoms with E-state index >= 15 is 0 Å². The van der Waals surface area contributed by atoms with Crippen molar-refractivity contribution >= 4 is 0 Å². The van der Waals surface area contributed by atoms with Crippen molar-refractivity contribution in [2.45, 2.75) is 13.8 Å². The molecule has 0 N–H and O–H groups in total. The highest BCUT2D eigenvalue weighted by Crippen LogP contribution is 2.15. The van der Waals surface area contributed by atoms with Gasteiger partial charge in [-0.2, -0.15) is 9.99 Å². The number of hydrogen-bond donors (Lipinski definition) is 0. The van der Waals surface area contributed by atoms with E-state index in [2.05, 4.69) is 11.1 Å². The molecule has 0 aliphatic carbocycles. The average Bonchev–Trinajstić information content (AvgIpc) is 2.31. The first kappa shape index (κ1) is 11.1. The van der Waals surface area contributed by atoms with Crippen molar-refractivity contribution in [1.29, 1.82) is 5.26 Å². The molecule has 0 spiro atoms. The van der Waals surface area contributed by atoms with Crippen LogP contribution in [0.25, 0.3) is 11.4 Å². The van der Waals surface area contributed by atoms with Crippen LogP contribution in [-0.4, -0.2) is 4.98 Å². The van der Waals surface area contributed by atoms with Crippen LogP contribution in [0.15, 0.2) is 30.3 Å². The first-order valence-electron chi connectivity index (χ1n) is 5.20. The minimum absolute atomic E-state index is 0.463. The van der Waals surface area contributed by atoms with Gasteiger partial charge in [-0.05, 0) is 25.1 Å². The first-order chi connectivity index (χ1) is 8.11. The number of aromatic nitrogens is 2. The molecular formula is C13H11N3O. The second kappa shape index (κ2) is 4.22. The van der Waals surface area contributed by atoms with Crippen molar-refractivity contribution in [2.24, 2.45) is 0 Å². The molecule has 4 nitrogen and oxygen atoms in total. The Morgan fingerprint density at radius 1 is 1.29 bits per heavy atom. The molecule has 2 heterocycles. The van der Waals surface area contributed by atoms with Crippen LogP contribution in [0.5, 0.6) is 0 Å². The van der Waals surface area contributed by atoms with Crippen molar-refractivity contribution in [2.75, 3.05) is 0 Å². The number of nitriles is 1. The summed E-state index contributed by atoms with van der Waals surface area (Å²) in [6.45, 7) is 3.53. The van der Waals surface area contributed by atoms with Crippen molar-refractivity contribution in [3.63, 3.8) is 0 Å². The fourth-order valence-corrected chi connectivity index (χ4v) is 1.66. The Morgan fingerprint density at radius 2 is 2.06 bits per heavy atom. The number of hydrogen-bond acceptors (Lipinski definition) is 3. The minimum atomic E-state index is 0.463. The van der Waals surface area contributed by atoms with Crippen LogP contribution in [0.2, 0.25) is 0 Å². The standard InChI is InChI=1S/C13H11N3O/c1-9-6-11(8-14)7-12(15-9)13-5-3-4-10(2)16(13)17/h3-7H,1-2H3. The Bertz CT molecular complexity index is 615. The predicted molar refractivity (Wildman–Crippen MR) is 62.8 cm³/mol. The van der Waals surface area contributed by atoms with Crippen LogP contribution < -0.4 is 4.73 Å². The van der Waals surface area contributed by atoms with E-state index in [-0.39, 0.29) is 0 Å². The molecule has 2 aromatic heterocycles. The zero-order valence-corrected chi connectivity index (χ0v) is 9.64. The van der Waals surface area contributed by atoms with E-state index in [4.69, 9.17) is 5.26 Å². The second-order valence-corrected chi connectivity index (χ2v) is 3.84. The lowest BCUT2D eigenvalue weighted by atomic mass is 10.1. The van der Waals surface area contributed by atoms with Gasteiger partial charge in [-0.15, -0.1) is 0 Å². The molecule has 0 aliphatic rings. The summed E-state index contributed by atoms with van der Waals surface area (Å²) in [5, 5.41) is 20.8. The van der Waals surface area contributed by atoms with E-state index < -0.39 is 0 Å². The maximum atomic E-state index is 11.9. The van der Waals surface area contributed by atoms with Gasteiger partial charge in [0.05, 0.1) is 11.6 Å². The van der Waals surface area contributed by atoms with Crippen molar-refractivity contribution in [1.82, 2.24) is 4.98 Å². The third-order valence-corrected chi connectivity index (χ3v) is 2.48. The van der Waals surface area contributed by atoms with E-state index in [1.807, 2.05) is 0 Å². The van der Waals surface area contributed by atoms with Gasteiger partial charge in [0.15, 0.2) is 5.69 Å². The van der Waals surface area contributed by atoms with Crippen LogP contribution in [0.3, 0.4) is 0 Å². The molecule has 17 heavy (non-hydrogen) atoms. The summed E-state index contributed by atoms with van der Waals surface area (Å²) in [7, 11) is 0. The molecule has 2 rings (SSSR count). The summed E-state index contributed by atoms with van der Waals surface area (Å²) >= 11 is 0. The molecule has 0 saturated carbocycles. The number of rotatable bonds is 1. The van der Waals surface area contributed by atoms with E-state index in [1.165, 1.54) is 0 Å². The SMILES string of the molecule is Cc1cc(C#N)cc(-c2cccc(C)[n+]2[O-])n1. The van der Waals surface area contributed by atoms with E-state index in [0.717, 1.165) is 10.4 Å². The molecule has 0 aliphatic heterocycles. The predicted octanol–water partition coefficient (Wildman–Crippen LogP) is 1.87. The molecular weight excluding hydrogens is 214 g/mol. The van der Waals surface area contributed by atoms with Gasteiger partial charge < -0.3 is 5.21 Å². The van der Waals surface area contributed by atoms with Crippen molar-refractivity contribution in [3.05, 3.63) is 52.5 Å². The monoisotopic (exact) mass is 225 g/mol. The van der Waals surface area contributed by atoms with E-state index in [1.54, 1.807) is 44.2 Å². The largest absolute Gasteiger partial charge is 0.618 e. The Morgan fingerprint density at radius 3 is 2.76 bits per heavy atom. The minimum Gasteiger partial charge on any atom is -0.618 e. The fourth-order valence-electron chi connectivity index (χ4n) is 1.66. The third-order valence-electron chi connectivity index (χ3n) is 2.48. The molecule has 0 unspecified atom stereocenters. The van der Waals surface area contributed by atoms with Gasteiger partial charge in [-0.3, -0.25) is 0 Å². The molecule has 0 bridgehead atoms. The van der Waals surface area contributed by atoms with E-state index in [9.17, 15) is 5.21 Å². The third kappa shape index (κ3) is 2.08. The van der Waals surface area contributed by atoms with Gasteiger partial charge in [-0.1, -0.05) is 0 Å². The smallest absolute Gasteiger partial charge is 0.242 e. The molecule has 0 amide bonds. The number of aryl methyl sites for hydroxylation is 2. The van der Waals surface area contributed by atoms with Gasteiger partial charge in [0.1, 0.15) is 5.69 Å². The van der Waals surface area contributed by atoms with Crippen molar-refractivity contribution < 1.29 is 4.73 Å². The Balaban J connectivity index is 2.65. The molecule has 0 fully saturated rings. The Kier molecular flexibility index (Phi) is 2.75. The molecule has 2 aromatic rings. The number of pyridine rings is 2. The topological polar surface area (TPSA) is 63.6 Å². The van der Waals surface area contributed by atoms with Gasteiger partial charge in [0, 0.05) is 24.8 Å². The fraction of sp³-hybridized carbons (Fsp3) is 0.154. The molecule has 4 heteroatoms. The summed E-state index contributed by atoms with van der Waals surface area (Å²) in [4.78, 5) is 4.28. The first-order valence-corrected chi connectivity index (χ1v) is 5.20. The summed E-state index contributed by atoms with van der Waals surface area (Å²) in [6, 6.07) is 10.6.